The van der Waals surface area contributed by atoms with E-state index in [9.17, 15) is 5.26 Å². The summed E-state index contributed by atoms with van der Waals surface area (Å²) in [6.45, 7) is 8.74. The van der Waals surface area contributed by atoms with Crippen molar-refractivity contribution in [2.24, 2.45) is 0 Å². The summed E-state index contributed by atoms with van der Waals surface area (Å²) < 4.78 is 16.9. The van der Waals surface area contributed by atoms with Gasteiger partial charge in [0, 0.05) is 5.41 Å². The first kappa shape index (κ1) is 26.9. The third kappa shape index (κ3) is 6.83. The third-order valence-corrected chi connectivity index (χ3v) is 5.85. The number of nitriles is 1. The molecule has 0 bridgehead atoms. The largest absolute Gasteiger partial charge is 0.489 e. The minimum atomic E-state index is -0.392. The van der Waals surface area contributed by atoms with Gasteiger partial charge in [0.05, 0.1) is 22.7 Å². The molecule has 0 aliphatic rings. The highest BCUT2D eigenvalue weighted by molar-refractivity contribution is 7.98. The van der Waals surface area contributed by atoms with Crippen LogP contribution in [0.4, 0.5) is 0 Å². The molecule has 3 rings (SSSR count). The molecule has 0 fully saturated rings. The summed E-state index contributed by atoms with van der Waals surface area (Å²) in [5, 5.41) is 10.6. The van der Waals surface area contributed by atoms with Gasteiger partial charge in [-0.1, -0.05) is 63.2 Å². The Balaban J connectivity index is 0.00000187. The average molecular weight is 507 g/mol. The van der Waals surface area contributed by atoms with Gasteiger partial charge in [0.15, 0.2) is 11.5 Å². The first-order valence-corrected chi connectivity index (χ1v) is 12.7. The Morgan fingerprint density at radius 3 is 2.39 bits per heavy atom. The zero-order chi connectivity index (χ0) is 24.4. The summed E-state index contributed by atoms with van der Waals surface area (Å²) >= 11 is 13.6. The Bertz CT molecular complexity index is 1080. The van der Waals surface area contributed by atoms with Crippen LogP contribution in [0, 0.1) is 11.3 Å². The van der Waals surface area contributed by atoms with Gasteiger partial charge in [0.2, 0.25) is 0 Å². The SMILES string of the molecule is CC.CSc1ncc(COc2ccc(C(C)(C)c3cc(Cl)c(OCCCl)c(C#N)c3)cc2)o1. The predicted molar refractivity (Wildman–Crippen MR) is 135 cm³/mol. The monoisotopic (exact) mass is 506 g/mol. The van der Waals surface area contributed by atoms with Crippen LogP contribution in [-0.4, -0.2) is 23.7 Å². The molecule has 0 amide bonds. The van der Waals surface area contributed by atoms with E-state index < -0.39 is 5.41 Å². The summed E-state index contributed by atoms with van der Waals surface area (Å²) in [6.07, 6.45) is 3.57. The van der Waals surface area contributed by atoms with Crippen molar-refractivity contribution in [2.75, 3.05) is 18.7 Å². The molecule has 0 spiro atoms. The quantitative estimate of drug-likeness (QED) is 0.221. The number of aromatic nitrogens is 1. The smallest absolute Gasteiger partial charge is 0.255 e. The second-order valence-corrected chi connectivity index (χ2v) is 8.76. The summed E-state index contributed by atoms with van der Waals surface area (Å²) in [6, 6.07) is 13.6. The van der Waals surface area contributed by atoms with Crippen molar-refractivity contribution < 1.29 is 13.9 Å². The highest BCUT2D eigenvalue weighted by Gasteiger charge is 2.26. The molecule has 0 aliphatic heterocycles. The van der Waals surface area contributed by atoms with Crippen LogP contribution in [-0.2, 0) is 12.0 Å². The molecule has 176 valence electrons. The number of thioether (sulfide) groups is 1. The number of benzene rings is 2. The molecule has 0 atom stereocenters. The van der Waals surface area contributed by atoms with Crippen LogP contribution in [0.3, 0.4) is 0 Å². The zero-order valence-corrected chi connectivity index (χ0v) is 21.8. The molecule has 0 saturated heterocycles. The minimum Gasteiger partial charge on any atom is -0.489 e. The normalized spacial score (nSPS) is 10.7. The Morgan fingerprint density at radius 1 is 1.12 bits per heavy atom. The van der Waals surface area contributed by atoms with Crippen molar-refractivity contribution in [1.82, 2.24) is 4.98 Å². The van der Waals surface area contributed by atoms with Crippen molar-refractivity contribution in [3.8, 4) is 17.6 Å². The highest BCUT2D eigenvalue weighted by atomic mass is 35.5. The first-order chi connectivity index (χ1) is 15.9. The fourth-order valence-electron chi connectivity index (χ4n) is 3.06. The van der Waals surface area contributed by atoms with Gasteiger partial charge in [0.1, 0.15) is 25.0 Å². The lowest BCUT2D eigenvalue weighted by Gasteiger charge is -2.27. The molecule has 0 N–H and O–H groups in total. The molecule has 0 radical (unpaired) electrons. The number of halogens is 2. The van der Waals surface area contributed by atoms with Crippen LogP contribution >= 0.6 is 35.0 Å². The third-order valence-electron chi connectivity index (χ3n) is 4.87. The van der Waals surface area contributed by atoms with E-state index in [4.69, 9.17) is 37.1 Å². The van der Waals surface area contributed by atoms with E-state index in [1.807, 2.05) is 56.5 Å². The molecule has 0 saturated carbocycles. The van der Waals surface area contributed by atoms with Gasteiger partial charge in [0.25, 0.3) is 5.22 Å². The Morgan fingerprint density at radius 2 is 1.82 bits per heavy atom. The number of ether oxygens (including phenoxy) is 2. The summed E-state index contributed by atoms with van der Waals surface area (Å²) in [5.41, 5.74) is 1.96. The van der Waals surface area contributed by atoms with Crippen molar-refractivity contribution in [1.29, 1.82) is 5.26 Å². The van der Waals surface area contributed by atoms with Crippen molar-refractivity contribution in [3.63, 3.8) is 0 Å². The number of alkyl halides is 1. The number of rotatable bonds is 9. The number of oxazole rings is 1. The average Bonchev–Trinajstić information content (AvgIpc) is 3.31. The van der Waals surface area contributed by atoms with Crippen molar-refractivity contribution in [2.45, 2.75) is 44.9 Å². The van der Waals surface area contributed by atoms with Gasteiger partial charge in [-0.2, -0.15) is 5.26 Å². The van der Waals surface area contributed by atoms with Gasteiger partial charge in [-0.3, -0.25) is 0 Å². The van der Waals surface area contributed by atoms with Gasteiger partial charge < -0.3 is 13.9 Å². The molecular formula is C25H28Cl2N2O3S. The van der Waals surface area contributed by atoms with Crippen LogP contribution in [0.25, 0.3) is 0 Å². The Labute approximate surface area is 210 Å². The van der Waals surface area contributed by atoms with Crippen LogP contribution in [0.5, 0.6) is 11.5 Å². The van der Waals surface area contributed by atoms with Gasteiger partial charge in [-0.05, 0) is 41.6 Å². The van der Waals surface area contributed by atoms with Crippen LogP contribution in [0.15, 0.2) is 52.2 Å². The van der Waals surface area contributed by atoms with E-state index in [2.05, 4.69) is 24.9 Å². The fraction of sp³-hybridized carbons (Fsp3) is 0.360. The molecular weight excluding hydrogens is 479 g/mol. The minimum absolute atomic E-state index is 0.285. The number of nitrogens with zero attached hydrogens (tertiary/aromatic N) is 2. The first-order valence-electron chi connectivity index (χ1n) is 10.5. The summed E-state index contributed by atoms with van der Waals surface area (Å²) in [4.78, 5) is 4.14. The molecule has 3 aromatic rings. The van der Waals surface area contributed by atoms with Crippen LogP contribution < -0.4 is 9.47 Å². The summed E-state index contributed by atoms with van der Waals surface area (Å²) in [7, 11) is 0. The zero-order valence-electron chi connectivity index (χ0n) is 19.4. The maximum absolute atomic E-state index is 9.56. The van der Waals surface area contributed by atoms with E-state index in [0.29, 0.717) is 39.8 Å². The summed E-state index contributed by atoms with van der Waals surface area (Å²) in [5.74, 6) is 2.08. The molecule has 0 aliphatic carbocycles. The van der Waals surface area contributed by atoms with Gasteiger partial charge in [-0.15, -0.1) is 11.6 Å². The van der Waals surface area contributed by atoms with Crippen LogP contribution in [0.2, 0.25) is 5.02 Å². The number of hydrogen-bond acceptors (Lipinski definition) is 6. The van der Waals surface area contributed by atoms with E-state index in [0.717, 1.165) is 16.9 Å². The van der Waals surface area contributed by atoms with Gasteiger partial charge >= 0.3 is 0 Å². The second-order valence-electron chi connectivity index (χ2n) is 7.22. The lowest BCUT2D eigenvalue weighted by Crippen LogP contribution is -2.19. The van der Waals surface area contributed by atoms with E-state index in [1.165, 1.54) is 11.8 Å². The lowest BCUT2D eigenvalue weighted by atomic mass is 9.77. The number of hydrogen-bond donors (Lipinski definition) is 0. The molecule has 2 aromatic carbocycles. The van der Waals surface area contributed by atoms with E-state index >= 15 is 0 Å². The fourth-order valence-corrected chi connectivity index (χ4v) is 3.76. The topological polar surface area (TPSA) is 68.3 Å². The standard InChI is InChI=1S/C23H22Cl2N2O3S.C2H6/c1-23(2,17-10-15(12-26)21(20(25)11-17)28-9-8-24)16-4-6-18(7-5-16)29-14-19-13-27-22(30-19)31-3;1-2/h4-7,10-11,13H,8-9,14H2,1-3H3;1-2H3. The Hall–Kier alpha value is -2.33. The molecule has 33 heavy (non-hydrogen) atoms. The predicted octanol–water partition coefficient (Wildman–Crippen LogP) is 7.47. The van der Waals surface area contributed by atoms with Crippen molar-refractivity contribution in [3.05, 3.63) is 70.1 Å². The van der Waals surface area contributed by atoms with Gasteiger partial charge in [-0.25, -0.2) is 4.98 Å². The molecule has 1 aromatic heterocycles. The molecule has 1 heterocycles. The van der Waals surface area contributed by atoms with E-state index in [-0.39, 0.29) is 6.61 Å². The maximum Gasteiger partial charge on any atom is 0.255 e. The van der Waals surface area contributed by atoms with E-state index in [1.54, 1.807) is 6.20 Å². The molecule has 8 heteroatoms. The lowest BCUT2D eigenvalue weighted by molar-refractivity contribution is 0.258. The van der Waals surface area contributed by atoms with Crippen LogP contribution in [0.1, 0.15) is 50.1 Å². The molecule has 5 nitrogen and oxygen atoms in total. The highest BCUT2D eigenvalue weighted by Crippen LogP contribution is 2.38. The van der Waals surface area contributed by atoms with Crippen molar-refractivity contribution >= 4 is 35.0 Å². The maximum atomic E-state index is 9.56. The molecule has 0 unspecified atom stereocenters. The second kappa shape index (κ2) is 12.8. The Kier molecular flexibility index (Phi) is 10.4.